The fourth-order valence-corrected chi connectivity index (χ4v) is 4.74. The Balaban J connectivity index is 3.18. The third-order valence-corrected chi connectivity index (χ3v) is 11.0. The molecule has 31 heavy (non-hydrogen) atoms. The van der Waals surface area contributed by atoms with Gasteiger partial charge in [0, 0.05) is 11.3 Å². The number of carbonyl (C=O) groups excluding carboxylic acids is 1. The van der Waals surface area contributed by atoms with E-state index >= 15 is 0 Å². The highest BCUT2D eigenvalue weighted by Gasteiger charge is 2.46. The van der Waals surface area contributed by atoms with Crippen LogP contribution in [0.5, 0.6) is 0 Å². The Morgan fingerprint density at radius 1 is 1.39 bits per heavy atom. The number of aliphatic hydroxyl groups excluding tert-OH is 1. The first-order valence-corrected chi connectivity index (χ1v) is 14.2. The lowest BCUT2D eigenvalue weighted by Crippen LogP contribution is -2.44. The number of ether oxygens (including phenoxy) is 1. The molecule has 0 spiro atoms. The third-order valence-electron chi connectivity index (χ3n) is 6.47. The summed E-state index contributed by atoms with van der Waals surface area (Å²) in [5.41, 5.74) is 0.564. The molecule has 174 valence electrons. The zero-order valence-electron chi connectivity index (χ0n) is 20.9. The zero-order valence-corrected chi connectivity index (χ0v) is 21.9. The van der Waals surface area contributed by atoms with E-state index in [2.05, 4.69) is 70.9 Å². The normalized spacial score (nSPS) is 24.1. The molecule has 5 heteroatoms. The van der Waals surface area contributed by atoms with Gasteiger partial charge in [0.15, 0.2) is 8.32 Å². The molecule has 0 aromatic heterocycles. The monoisotopic (exact) mass is 446 g/mol. The molecule has 0 fully saturated rings. The lowest BCUT2D eigenvalue weighted by atomic mass is 9.75. The summed E-state index contributed by atoms with van der Waals surface area (Å²) in [7, 11) is -1.97. The Labute approximate surface area is 190 Å². The van der Waals surface area contributed by atoms with Crippen LogP contribution in [-0.4, -0.2) is 38.2 Å². The minimum Gasteiger partial charge on any atom is -0.456 e. The highest BCUT2D eigenvalue weighted by molar-refractivity contribution is 6.74. The van der Waals surface area contributed by atoms with E-state index in [9.17, 15) is 9.90 Å². The van der Waals surface area contributed by atoms with Gasteiger partial charge in [0.05, 0.1) is 12.7 Å². The van der Waals surface area contributed by atoms with Gasteiger partial charge in [-0.1, -0.05) is 76.5 Å². The second kappa shape index (κ2) is 11.3. The van der Waals surface area contributed by atoms with Crippen LogP contribution in [0.15, 0.2) is 36.0 Å². The molecule has 1 aliphatic carbocycles. The predicted molar refractivity (Wildman–Crippen MR) is 131 cm³/mol. The molecule has 1 rings (SSSR count). The Morgan fingerprint density at radius 3 is 2.58 bits per heavy atom. The van der Waals surface area contributed by atoms with Gasteiger partial charge in [-0.3, -0.25) is 0 Å². The van der Waals surface area contributed by atoms with Gasteiger partial charge < -0.3 is 14.3 Å². The Bertz CT molecular complexity index is 761. The summed E-state index contributed by atoms with van der Waals surface area (Å²) >= 11 is 0. The van der Waals surface area contributed by atoms with Crippen LogP contribution in [0, 0.1) is 23.2 Å². The zero-order chi connectivity index (χ0) is 23.9. The second-order valence-corrected chi connectivity index (χ2v) is 15.0. The van der Waals surface area contributed by atoms with Crippen LogP contribution in [0.1, 0.15) is 61.3 Å². The van der Waals surface area contributed by atoms with Crippen LogP contribution in [0.3, 0.4) is 0 Å². The molecular formula is C26H42O4Si. The summed E-state index contributed by atoms with van der Waals surface area (Å²) in [4.78, 5) is 11.7. The van der Waals surface area contributed by atoms with Gasteiger partial charge in [-0.05, 0) is 50.7 Å². The molecule has 0 amide bonds. The van der Waals surface area contributed by atoms with Gasteiger partial charge in [-0.2, -0.15) is 0 Å². The third kappa shape index (κ3) is 7.79. The standard InChI is InChI=1S/C26H42O4Si/c1-10-12-13-14-20(3)17-21-18-22(30-31(8,9)25(4,5)6)19-26(21,7)23(27)15-16-24(28)29-11-2/h10,12-14,18,20,22-23,27H,11,17,19H2,1-9H3/b12-10+,14-13-/t20-,22+,23?,26+/m1/s1. The average molecular weight is 447 g/mol. The molecule has 0 saturated heterocycles. The van der Waals surface area contributed by atoms with Crippen molar-refractivity contribution in [1.29, 1.82) is 0 Å². The van der Waals surface area contributed by atoms with Crippen molar-refractivity contribution < 1.29 is 19.1 Å². The maximum absolute atomic E-state index is 11.7. The first-order valence-electron chi connectivity index (χ1n) is 11.3. The quantitative estimate of drug-likeness (QED) is 0.128. The number of esters is 1. The van der Waals surface area contributed by atoms with E-state index in [1.54, 1.807) is 6.92 Å². The molecule has 0 heterocycles. The second-order valence-electron chi connectivity index (χ2n) is 10.2. The lowest BCUT2D eigenvalue weighted by Gasteiger charge is -2.39. The van der Waals surface area contributed by atoms with Gasteiger partial charge in [0.2, 0.25) is 0 Å². The summed E-state index contributed by atoms with van der Waals surface area (Å²) in [5.74, 6) is 4.88. The summed E-state index contributed by atoms with van der Waals surface area (Å²) in [6.07, 6.45) is 10.9. The van der Waals surface area contributed by atoms with Crippen LogP contribution in [0.4, 0.5) is 0 Å². The topological polar surface area (TPSA) is 55.8 Å². The minimum absolute atomic E-state index is 0.0633. The van der Waals surface area contributed by atoms with Crippen LogP contribution in [0.25, 0.3) is 0 Å². The number of rotatable bonds is 8. The van der Waals surface area contributed by atoms with Gasteiger partial charge in [0.1, 0.15) is 6.10 Å². The van der Waals surface area contributed by atoms with Crippen LogP contribution in [-0.2, 0) is 14.0 Å². The molecule has 0 saturated carbocycles. The fourth-order valence-electron chi connectivity index (χ4n) is 3.48. The van der Waals surface area contributed by atoms with Crippen LogP contribution < -0.4 is 0 Å². The average Bonchev–Trinajstić information content (AvgIpc) is 2.94. The maximum Gasteiger partial charge on any atom is 0.384 e. The largest absolute Gasteiger partial charge is 0.456 e. The van der Waals surface area contributed by atoms with E-state index in [1.807, 2.05) is 26.0 Å². The smallest absolute Gasteiger partial charge is 0.384 e. The molecule has 0 radical (unpaired) electrons. The van der Waals surface area contributed by atoms with Gasteiger partial charge >= 0.3 is 5.97 Å². The summed E-state index contributed by atoms with van der Waals surface area (Å²) < 4.78 is 11.6. The highest BCUT2D eigenvalue weighted by atomic mass is 28.4. The van der Waals surface area contributed by atoms with Crippen LogP contribution >= 0.6 is 0 Å². The van der Waals surface area contributed by atoms with Crippen molar-refractivity contribution in [3.8, 4) is 11.8 Å². The van der Waals surface area contributed by atoms with E-state index in [4.69, 9.17) is 9.16 Å². The number of hydrogen-bond acceptors (Lipinski definition) is 4. The minimum atomic E-state index is -1.97. The molecular weight excluding hydrogens is 404 g/mol. The molecule has 0 aromatic carbocycles. The van der Waals surface area contributed by atoms with Crippen molar-refractivity contribution in [3.05, 3.63) is 36.0 Å². The first-order chi connectivity index (χ1) is 14.3. The highest BCUT2D eigenvalue weighted by Crippen LogP contribution is 2.48. The number of aliphatic hydroxyl groups is 1. The molecule has 1 unspecified atom stereocenters. The molecule has 1 aliphatic rings. The molecule has 0 aromatic rings. The van der Waals surface area contributed by atoms with Gasteiger partial charge in [-0.15, -0.1) is 0 Å². The molecule has 4 nitrogen and oxygen atoms in total. The fraction of sp³-hybridized carbons (Fsp3) is 0.654. The van der Waals surface area contributed by atoms with Crippen molar-refractivity contribution in [2.24, 2.45) is 11.3 Å². The van der Waals surface area contributed by atoms with Crippen molar-refractivity contribution in [1.82, 2.24) is 0 Å². The first kappa shape index (κ1) is 27.4. The van der Waals surface area contributed by atoms with Crippen molar-refractivity contribution in [3.63, 3.8) is 0 Å². The number of carbonyl (C=O) groups is 1. The summed E-state index contributed by atoms with van der Waals surface area (Å²) in [6.45, 7) is 19.4. The van der Waals surface area contributed by atoms with Gasteiger partial charge in [-0.25, -0.2) is 4.79 Å². The number of hydrogen-bond donors (Lipinski definition) is 1. The molecule has 0 bridgehead atoms. The number of allylic oxidation sites excluding steroid dienone is 4. The van der Waals surface area contributed by atoms with Crippen molar-refractivity contribution in [2.75, 3.05) is 6.61 Å². The van der Waals surface area contributed by atoms with E-state index in [0.717, 1.165) is 12.0 Å². The summed E-state index contributed by atoms with van der Waals surface area (Å²) in [6, 6.07) is 0. The van der Waals surface area contributed by atoms with E-state index in [1.165, 1.54) is 0 Å². The lowest BCUT2D eigenvalue weighted by molar-refractivity contribution is -0.136. The maximum atomic E-state index is 11.7. The Kier molecular flexibility index (Phi) is 10.0. The van der Waals surface area contributed by atoms with Gasteiger partial charge in [0.25, 0.3) is 0 Å². The molecule has 4 atom stereocenters. The predicted octanol–water partition coefficient (Wildman–Crippen LogP) is 5.80. The van der Waals surface area contributed by atoms with Crippen molar-refractivity contribution in [2.45, 2.75) is 91.6 Å². The molecule has 1 N–H and O–H groups in total. The Morgan fingerprint density at radius 2 is 2.03 bits per heavy atom. The SMILES string of the molecule is C/C=C/C=C\[C@@H](C)CC1=C[C@H](O[Si](C)(C)C(C)(C)C)C[C@]1(C)C(O)C#CC(=O)OCC. The summed E-state index contributed by atoms with van der Waals surface area (Å²) in [5, 5.41) is 11.1. The Hall–Kier alpha value is -1.61. The van der Waals surface area contributed by atoms with Crippen LogP contribution in [0.2, 0.25) is 18.1 Å². The van der Waals surface area contributed by atoms with E-state index in [0.29, 0.717) is 12.3 Å². The molecule has 0 aliphatic heterocycles. The van der Waals surface area contributed by atoms with Crippen molar-refractivity contribution >= 4 is 14.3 Å². The van der Waals surface area contributed by atoms with E-state index < -0.39 is 25.8 Å². The van der Waals surface area contributed by atoms with E-state index in [-0.39, 0.29) is 17.7 Å².